The highest BCUT2D eigenvalue weighted by atomic mass is 19.4. The van der Waals surface area contributed by atoms with Crippen molar-refractivity contribution in [1.29, 1.82) is 0 Å². The van der Waals surface area contributed by atoms with Crippen molar-refractivity contribution in [1.82, 2.24) is 0 Å². The minimum atomic E-state index is -6.38. The summed E-state index contributed by atoms with van der Waals surface area (Å²) in [5.41, 5.74) is 0. The Labute approximate surface area is 136 Å². The number of alkyl halides is 10. The molecule has 0 unspecified atom stereocenters. The van der Waals surface area contributed by atoms with Gasteiger partial charge in [0.05, 0.1) is 0 Å². The molecule has 0 aromatic heterocycles. The van der Waals surface area contributed by atoms with Gasteiger partial charge in [0, 0.05) is 0 Å². The van der Waals surface area contributed by atoms with E-state index in [2.05, 4.69) is 9.47 Å². The molecule has 26 heavy (non-hydrogen) atoms. The summed E-state index contributed by atoms with van der Waals surface area (Å²) in [6.07, 6.45) is -12.8. The predicted molar refractivity (Wildman–Crippen MR) is 59.7 cm³/mol. The number of esters is 2. The predicted octanol–water partition coefficient (Wildman–Crippen LogP) is 3.89. The van der Waals surface area contributed by atoms with Crippen molar-refractivity contribution in [3.8, 4) is 11.5 Å². The van der Waals surface area contributed by atoms with Crippen LogP contribution in [0.25, 0.3) is 0 Å². The molecule has 1 aromatic rings. The van der Waals surface area contributed by atoms with Crippen molar-refractivity contribution in [3.05, 3.63) is 24.3 Å². The number of para-hydroxylation sites is 2. The second kappa shape index (κ2) is 6.64. The molecule has 0 aliphatic carbocycles. The fourth-order valence-corrected chi connectivity index (χ4v) is 1.18. The fraction of sp³-hybridized carbons (Fsp3) is 0.333. The Morgan fingerprint density at radius 1 is 0.615 bits per heavy atom. The Kier molecular flexibility index (Phi) is 5.49. The lowest BCUT2D eigenvalue weighted by Crippen LogP contribution is -2.47. The second-order valence-corrected chi connectivity index (χ2v) is 4.37. The molecule has 0 atom stereocenters. The zero-order valence-electron chi connectivity index (χ0n) is 11.7. The van der Waals surface area contributed by atoms with Crippen molar-refractivity contribution in [2.45, 2.75) is 24.2 Å². The molecule has 0 saturated carbocycles. The maximum absolute atomic E-state index is 12.8. The first-order chi connectivity index (χ1) is 11.5. The Morgan fingerprint density at radius 3 is 1.12 bits per heavy atom. The summed E-state index contributed by atoms with van der Waals surface area (Å²) in [5.74, 6) is -21.4. The highest BCUT2D eigenvalue weighted by Crippen LogP contribution is 2.40. The Morgan fingerprint density at radius 2 is 0.885 bits per heavy atom. The number of halogens is 10. The number of benzene rings is 1. The Balaban J connectivity index is 3.10. The van der Waals surface area contributed by atoms with E-state index in [1.165, 1.54) is 0 Å². The topological polar surface area (TPSA) is 52.6 Å². The van der Waals surface area contributed by atoms with Crippen LogP contribution in [-0.4, -0.2) is 36.1 Å². The molecule has 0 aliphatic rings. The van der Waals surface area contributed by atoms with E-state index >= 15 is 0 Å². The van der Waals surface area contributed by atoms with Gasteiger partial charge in [0.2, 0.25) is 0 Å². The van der Waals surface area contributed by atoms with Crippen LogP contribution in [0.3, 0.4) is 0 Å². The van der Waals surface area contributed by atoms with E-state index in [-0.39, 0.29) is 0 Å². The number of hydrogen-bond acceptors (Lipinski definition) is 4. The summed E-state index contributed by atoms with van der Waals surface area (Å²) in [7, 11) is 0. The lowest BCUT2D eigenvalue weighted by atomic mass is 10.3. The molecule has 0 radical (unpaired) electrons. The third kappa shape index (κ3) is 4.16. The van der Waals surface area contributed by atoms with Crippen LogP contribution >= 0.6 is 0 Å². The normalized spacial score (nSPS) is 13.3. The highest BCUT2D eigenvalue weighted by molar-refractivity contribution is 5.83. The van der Waals surface area contributed by atoms with E-state index in [1.807, 2.05) is 0 Å². The number of hydrogen-bond donors (Lipinski definition) is 0. The van der Waals surface area contributed by atoms with Gasteiger partial charge in [-0.2, -0.15) is 43.9 Å². The zero-order valence-corrected chi connectivity index (χ0v) is 11.7. The van der Waals surface area contributed by atoms with Crippen LogP contribution in [0.4, 0.5) is 43.9 Å². The molecule has 0 aliphatic heterocycles. The molecule has 1 rings (SSSR count). The van der Waals surface area contributed by atoms with Gasteiger partial charge >= 0.3 is 36.1 Å². The van der Waals surface area contributed by atoms with E-state index in [0.717, 1.165) is 12.1 Å². The van der Waals surface area contributed by atoms with Gasteiger partial charge in [0.1, 0.15) is 0 Å². The average Bonchev–Trinajstić information content (AvgIpc) is 2.46. The average molecular weight is 402 g/mol. The van der Waals surface area contributed by atoms with E-state index < -0.39 is 47.6 Å². The summed E-state index contributed by atoms with van der Waals surface area (Å²) < 4.78 is 130. The highest BCUT2D eigenvalue weighted by Gasteiger charge is 2.66. The fourth-order valence-electron chi connectivity index (χ4n) is 1.18. The second-order valence-electron chi connectivity index (χ2n) is 4.37. The van der Waals surface area contributed by atoms with Crippen LogP contribution in [0.5, 0.6) is 11.5 Å². The van der Waals surface area contributed by atoms with Gasteiger partial charge in [0.15, 0.2) is 11.5 Å². The van der Waals surface area contributed by atoms with E-state index in [0.29, 0.717) is 12.1 Å². The SMILES string of the molecule is O=C(Oc1ccccc1OC(=O)C(F)(F)C(F)(F)F)C(F)(F)C(F)(F)F. The third-order valence-corrected chi connectivity index (χ3v) is 2.48. The maximum Gasteiger partial charge on any atom is 0.465 e. The van der Waals surface area contributed by atoms with E-state index in [4.69, 9.17) is 0 Å². The summed E-state index contributed by atoms with van der Waals surface area (Å²) in [5, 5.41) is 0. The Bertz CT molecular complexity index is 633. The van der Waals surface area contributed by atoms with Crippen molar-refractivity contribution in [3.63, 3.8) is 0 Å². The van der Waals surface area contributed by atoms with Gasteiger partial charge in [-0.05, 0) is 12.1 Å². The molecule has 0 fully saturated rings. The molecule has 0 spiro atoms. The van der Waals surface area contributed by atoms with Gasteiger partial charge < -0.3 is 9.47 Å². The van der Waals surface area contributed by atoms with Crippen LogP contribution in [0.15, 0.2) is 24.3 Å². The first-order valence-electron chi connectivity index (χ1n) is 5.94. The summed E-state index contributed by atoms with van der Waals surface area (Å²) in [6, 6.07) is 2.46. The summed E-state index contributed by atoms with van der Waals surface area (Å²) in [4.78, 5) is 21.8. The first-order valence-corrected chi connectivity index (χ1v) is 5.94. The molecule has 0 N–H and O–H groups in total. The molecule has 0 saturated heterocycles. The van der Waals surface area contributed by atoms with Crippen molar-refractivity contribution in [2.24, 2.45) is 0 Å². The van der Waals surface area contributed by atoms with Gasteiger partial charge in [-0.3, -0.25) is 0 Å². The smallest absolute Gasteiger partial charge is 0.418 e. The van der Waals surface area contributed by atoms with Gasteiger partial charge in [0.25, 0.3) is 0 Å². The van der Waals surface area contributed by atoms with Crippen molar-refractivity contribution < 1.29 is 63.0 Å². The van der Waals surface area contributed by atoms with Crippen LogP contribution in [0.2, 0.25) is 0 Å². The standard InChI is InChI=1S/C12H4F10O4/c13-9(14,11(17,18)19)7(23)25-5-3-1-2-4-6(5)26-8(24)10(15,16)12(20,21)22/h1-4H. The molecule has 1 aromatic carbocycles. The quantitative estimate of drug-likeness (QED) is 0.436. The van der Waals surface area contributed by atoms with E-state index in [1.54, 1.807) is 0 Å². The molecule has 14 heteroatoms. The van der Waals surface area contributed by atoms with Crippen LogP contribution in [0, 0.1) is 0 Å². The van der Waals surface area contributed by atoms with Crippen LogP contribution in [0.1, 0.15) is 0 Å². The lowest BCUT2D eigenvalue weighted by molar-refractivity contribution is -0.277. The molecule has 0 amide bonds. The number of rotatable bonds is 4. The molecule has 0 heterocycles. The van der Waals surface area contributed by atoms with Crippen molar-refractivity contribution in [2.75, 3.05) is 0 Å². The maximum atomic E-state index is 12.8. The monoisotopic (exact) mass is 402 g/mol. The van der Waals surface area contributed by atoms with E-state index in [9.17, 15) is 53.5 Å². The third-order valence-electron chi connectivity index (χ3n) is 2.48. The minimum Gasteiger partial charge on any atom is -0.418 e. The van der Waals surface area contributed by atoms with Gasteiger partial charge in [-0.25, -0.2) is 9.59 Å². The summed E-state index contributed by atoms with van der Waals surface area (Å²) in [6.45, 7) is 0. The molecule has 4 nitrogen and oxygen atoms in total. The lowest BCUT2D eigenvalue weighted by Gasteiger charge is -2.20. The number of carbonyl (C=O) groups is 2. The van der Waals surface area contributed by atoms with Crippen LogP contribution < -0.4 is 9.47 Å². The first kappa shape index (κ1) is 21.5. The molecular formula is C12H4F10O4. The Hall–Kier alpha value is -2.54. The largest absolute Gasteiger partial charge is 0.465 e. The minimum absolute atomic E-state index is 0.415. The zero-order chi connectivity index (χ0) is 20.6. The van der Waals surface area contributed by atoms with Crippen molar-refractivity contribution >= 4 is 11.9 Å². The van der Waals surface area contributed by atoms with Gasteiger partial charge in [-0.1, -0.05) is 12.1 Å². The molecule has 0 bridgehead atoms. The van der Waals surface area contributed by atoms with Gasteiger partial charge in [-0.15, -0.1) is 0 Å². The van der Waals surface area contributed by atoms with Crippen LogP contribution in [-0.2, 0) is 9.59 Å². The summed E-state index contributed by atoms with van der Waals surface area (Å²) >= 11 is 0. The number of carbonyl (C=O) groups excluding carboxylic acids is 2. The number of ether oxygens (including phenoxy) is 2. The molecular weight excluding hydrogens is 398 g/mol. The molecule has 146 valence electrons.